The van der Waals surface area contributed by atoms with Crippen LogP contribution in [0.2, 0.25) is 0 Å². The van der Waals surface area contributed by atoms with Gasteiger partial charge in [0.15, 0.2) is 0 Å². The van der Waals surface area contributed by atoms with Crippen LogP contribution in [0, 0.1) is 10.1 Å². The summed E-state index contributed by atoms with van der Waals surface area (Å²) in [7, 11) is 0. The van der Waals surface area contributed by atoms with E-state index in [1.54, 1.807) is 23.9 Å². The summed E-state index contributed by atoms with van der Waals surface area (Å²) in [6.45, 7) is 2.59. The molecule has 190 valence electrons. The molecule has 0 aliphatic rings. The largest absolute Gasteiger partial charge is 0.346 e. The van der Waals surface area contributed by atoms with Crippen LogP contribution in [0.5, 0.6) is 0 Å². The highest BCUT2D eigenvalue weighted by molar-refractivity contribution is 7.98. The molecular formula is C31H27N3O3S. The molecule has 4 aromatic carbocycles. The smallest absolute Gasteiger partial charge is 0.269 e. The van der Waals surface area contributed by atoms with E-state index in [0.29, 0.717) is 5.56 Å². The SMILES string of the molecule is CSc1ccc(-c2ccc(Cn3ccc4cc(C(=O)NC(C)c5ccc([N+](=O)[O-])cc5)ccc43)cc2)cc1. The van der Waals surface area contributed by atoms with Crippen molar-refractivity contribution in [2.45, 2.75) is 24.4 Å². The van der Waals surface area contributed by atoms with Crippen LogP contribution in [-0.2, 0) is 6.54 Å². The zero-order chi connectivity index (χ0) is 26.6. The van der Waals surface area contributed by atoms with Crippen molar-refractivity contribution in [2.75, 3.05) is 6.26 Å². The first-order chi connectivity index (χ1) is 18.4. The van der Waals surface area contributed by atoms with Crippen LogP contribution in [0.4, 0.5) is 5.69 Å². The summed E-state index contributed by atoms with van der Waals surface area (Å²) in [5.41, 5.74) is 6.05. The van der Waals surface area contributed by atoms with Gasteiger partial charge in [0.05, 0.1) is 11.0 Å². The summed E-state index contributed by atoms with van der Waals surface area (Å²) in [5, 5.41) is 14.8. The van der Waals surface area contributed by atoms with Crippen LogP contribution in [0.3, 0.4) is 0 Å². The molecule has 0 saturated carbocycles. The molecule has 1 aromatic heterocycles. The summed E-state index contributed by atoms with van der Waals surface area (Å²) in [5.74, 6) is -0.188. The van der Waals surface area contributed by atoms with Gasteiger partial charge in [-0.2, -0.15) is 0 Å². The first-order valence-corrected chi connectivity index (χ1v) is 13.5. The van der Waals surface area contributed by atoms with Gasteiger partial charge in [0.1, 0.15) is 0 Å². The van der Waals surface area contributed by atoms with Gasteiger partial charge in [-0.05, 0) is 71.8 Å². The number of nitro groups is 1. The number of hydrogen-bond donors (Lipinski definition) is 1. The molecule has 6 nitrogen and oxygen atoms in total. The number of non-ortho nitro benzene ring substituents is 1. The number of amides is 1. The maximum absolute atomic E-state index is 12.9. The van der Waals surface area contributed by atoms with Gasteiger partial charge in [-0.1, -0.05) is 48.5 Å². The molecule has 38 heavy (non-hydrogen) atoms. The van der Waals surface area contributed by atoms with Gasteiger partial charge in [0.2, 0.25) is 0 Å². The van der Waals surface area contributed by atoms with Gasteiger partial charge in [-0.15, -0.1) is 11.8 Å². The molecule has 0 aliphatic carbocycles. The van der Waals surface area contributed by atoms with Crippen LogP contribution in [0.1, 0.15) is 34.5 Å². The average molecular weight is 522 g/mol. The lowest BCUT2D eigenvalue weighted by molar-refractivity contribution is -0.384. The Hall–Kier alpha value is -4.36. The molecule has 1 atom stereocenters. The third-order valence-corrected chi connectivity index (χ3v) is 7.46. The molecule has 1 heterocycles. The van der Waals surface area contributed by atoms with E-state index in [2.05, 4.69) is 64.7 Å². The van der Waals surface area contributed by atoms with Gasteiger partial charge in [-0.25, -0.2) is 0 Å². The minimum atomic E-state index is -0.435. The van der Waals surface area contributed by atoms with E-state index < -0.39 is 4.92 Å². The Morgan fingerprint density at radius 2 is 1.58 bits per heavy atom. The van der Waals surface area contributed by atoms with Crippen molar-refractivity contribution in [3.63, 3.8) is 0 Å². The highest BCUT2D eigenvalue weighted by atomic mass is 32.2. The maximum atomic E-state index is 12.9. The first kappa shape index (κ1) is 25.3. The van der Waals surface area contributed by atoms with Crippen molar-refractivity contribution in [2.24, 2.45) is 0 Å². The van der Waals surface area contributed by atoms with E-state index in [9.17, 15) is 14.9 Å². The van der Waals surface area contributed by atoms with Gasteiger partial charge >= 0.3 is 0 Å². The molecule has 1 unspecified atom stereocenters. The first-order valence-electron chi connectivity index (χ1n) is 12.3. The van der Waals surface area contributed by atoms with Crippen molar-refractivity contribution in [1.29, 1.82) is 0 Å². The molecule has 0 fully saturated rings. The Morgan fingerprint density at radius 1 is 0.921 bits per heavy atom. The topological polar surface area (TPSA) is 77.2 Å². The molecule has 0 saturated heterocycles. The summed E-state index contributed by atoms with van der Waals surface area (Å²) in [4.78, 5) is 24.6. The fourth-order valence-corrected chi connectivity index (χ4v) is 4.92. The Labute approximate surface area is 225 Å². The van der Waals surface area contributed by atoms with E-state index in [1.165, 1.54) is 33.7 Å². The third-order valence-electron chi connectivity index (χ3n) is 6.71. The number of nitrogens with one attached hydrogen (secondary N) is 1. The maximum Gasteiger partial charge on any atom is 0.269 e. The number of thioether (sulfide) groups is 1. The van der Waals surface area contributed by atoms with E-state index in [1.807, 2.05) is 37.4 Å². The molecule has 5 aromatic rings. The summed E-state index contributed by atoms with van der Waals surface area (Å²) < 4.78 is 2.18. The number of nitro benzene ring substituents is 1. The Balaban J connectivity index is 1.26. The van der Waals surface area contributed by atoms with E-state index >= 15 is 0 Å². The normalized spacial score (nSPS) is 11.8. The molecule has 5 rings (SSSR count). The molecule has 1 amide bonds. The molecule has 0 aliphatic heterocycles. The predicted octanol–water partition coefficient (Wildman–Crippen LogP) is 7.48. The number of rotatable bonds is 8. The minimum absolute atomic E-state index is 0.0270. The second-order valence-corrected chi connectivity index (χ2v) is 10.1. The Bertz CT molecular complexity index is 1590. The Morgan fingerprint density at radius 3 is 2.21 bits per heavy atom. The van der Waals surface area contributed by atoms with Gasteiger partial charge < -0.3 is 9.88 Å². The molecule has 7 heteroatoms. The van der Waals surface area contributed by atoms with Crippen LogP contribution >= 0.6 is 11.8 Å². The van der Waals surface area contributed by atoms with E-state index in [-0.39, 0.29) is 17.6 Å². The fraction of sp³-hybridized carbons (Fsp3) is 0.129. The molecule has 0 bridgehead atoms. The third kappa shape index (κ3) is 5.48. The summed E-state index contributed by atoms with van der Waals surface area (Å²) >= 11 is 1.74. The highest BCUT2D eigenvalue weighted by Crippen LogP contribution is 2.25. The van der Waals surface area contributed by atoms with Gasteiger partial charge in [0.25, 0.3) is 11.6 Å². The molecule has 0 spiro atoms. The van der Waals surface area contributed by atoms with Crippen molar-refractivity contribution in [3.8, 4) is 11.1 Å². The van der Waals surface area contributed by atoms with Crippen molar-refractivity contribution in [1.82, 2.24) is 9.88 Å². The van der Waals surface area contributed by atoms with Crippen LogP contribution < -0.4 is 5.32 Å². The zero-order valence-corrected chi connectivity index (χ0v) is 21.9. The molecular weight excluding hydrogens is 494 g/mol. The Kier molecular flexibility index (Phi) is 7.29. The molecule has 1 N–H and O–H groups in total. The van der Waals surface area contributed by atoms with Crippen molar-refractivity contribution in [3.05, 3.63) is 130 Å². The van der Waals surface area contributed by atoms with Gasteiger partial charge in [0, 0.05) is 46.2 Å². The highest BCUT2D eigenvalue weighted by Gasteiger charge is 2.14. The van der Waals surface area contributed by atoms with Crippen molar-refractivity contribution >= 4 is 34.3 Å². The second-order valence-electron chi connectivity index (χ2n) is 9.19. The van der Waals surface area contributed by atoms with Crippen LogP contribution in [-0.4, -0.2) is 21.7 Å². The standard InChI is InChI=1S/C31H27N3O3S/c1-21(23-7-12-28(13-8-23)34(36)37)32-31(35)27-11-16-30-26(19-27)17-18-33(30)20-22-3-5-24(6-4-22)25-9-14-29(38-2)15-10-25/h3-19,21H,20H2,1-2H3,(H,32,35). The summed E-state index contributed by atoms with van der Waals surface area (Å²) in [6.07, 6.45) is 4.12. The number of aromatic nitrogens is 1. The van der Waals surface area contributed by atoms with E-state index in [4.69, 9.17) is 0 Å². The monoisotopic (exact) mass is 521 g/mol. The number of nitrogens with zero attached hydrogens (tertiary/aromatic N) is 2. The van der Waals surface area contributed by atoms with Gasteiger partial charge in [-0.3, -0.25) is 14.9 Å². The average Bonchev–Trinajstić information content (AvgIpc) is 3.35. The van der Waals surface area contributed by atoms with Crippen LogP contribution in [0.15, 0.2) is 108 Å². The van der Waals surface area contributed by atoms with Crippen LogP contribution in [0.25, 0.3) is 22.0 Å². The summed E-state index contributed by atoms with van der Waals surface area (Å²) in [6, 6.07) is 30.9. The lowest BCUT2D eigenvalue weighted by atomic mass is 10.0. The quantitative estimate of drug-likeness (QED) is 0.130. The van der Waals surface area contributed by atoms with E-state index in [0.717, 1.165) is 23.0 Å². The second kappa shape index (κ2) is 10.9. The molecule has 0 radical (unpaired) electrons. The van der Waals surface area contributed by atoms with Crippen molar-refractivity contribution < 1.29 is 9.72 Å². The lowest BCUT2D eigenvalue weighted by Gasteiger charge is -2.14. The predicted molar refractivity (Wildman–Crippen MR) is 154 cm³/mol. The zero-order valence-electron chi connectivity index (χ0n) is 21.1. The minimum Gasteiger partial charge on any atom is -0.346 e. The fourth-order valence-electron chi connectivity index (χ4n) is 4.51. The number of hydrogen-bond acceptors (Lipinski definition) is 4. The number of fused-ring (bicyclic) bond motifs is 1. The number of benzene rings is 4. The number of carbonyl (C=O) groups excluding carboxylic acids is 1. The lowest BCUT2D eigenvalue weighted by Crippen LogP contribution is -2.26. The number of carbonyl (C=O) groups is 1.